The first kappa shape index (κ1) is 10.3. The van der Waals surface area contributed by atoms with E-state index in [0.717, 1.165) is 11.3 Å². The summed E-state index contributed by atoms with van der Waals surface area (Å²) >= 11 is 0. The van der Waals surface area contributed by atoms with Crippen molar-refractivity contribution in [3.8, 4) is 0 Å². The number of nitrogens with zero attached hydrogens (tertiary/aromatic N) is 2. The molecule has 0 bridgehead atoms. The van der Waals surface area contributed by atoms with Crippen LogP contribution in [0.4, 0.5) is 5.69 Å². The number of pyridine rings is 1. The van der Waals surface area contributed by atoms with Gasteiger partial charge >= 0.3 is 21.1 Å². The summed E-state index contributed by atoms with van der Waals surface area (Å²) in [7, 11) is 0. The minimum absolute atomic E-state index is 0. The van der Waals surface area contributed by atoms with E-state index in [4.69, 9.17) is 6.57 Å². The van der Waals surface area contributed by atoms with Gasteiger partial charge in [-0.1, -0.05) is 25.7 Å². The van der Waals surface area contributed by atoms with Crippen LogP contribution in [0.5, 0.6) is 0 Å². The normalized spacial score (nSPS) is 8.09. The van der Waals surface area contributed by atoms with Gasteiger partial charge in [-0.05, 0) is 0 Å². The minimum atomic E-state index is 0. The van der Waals surface area contributed by atoms with E-state index in [9.17, 15) is 0 Å². The zero-order chi connectivity index (χ0) is 7.56. The van der Waals surface area contributed by atoms with E-state index in [1.165, 1.54) is 0 Å². The average Bonchev–Trinajstić information content (AvgIpc) is 1.94. The molecule has 0 amide bonds. The SMILES string of the molecule is [C-]#[N+]c1cc(C)[c-]nc1C.[W+2]. The number of hydrogen-bond donors (Lipinski definition) is 0. The summed E-state index contributed by atoms with van der Waals surface area (Å²) in [5.74, 6) is 0. The third-order valence-corrected chi connectivity index (χ3v) is 1.24. The van der Waals surface area contributed by atoms with Crippen molar-refractivity contribution in [3.63, 3.8) is 0 Å². The van der Waals surface area contributed by atoms with Crippen LogP contribution >= 0.6 is 0 Å². The summed E-state index contributed by atoms with van der Waals surface area (Å²) < 4.78 is 0. The second-order valence-corrected chi connectivity index (χ2v) is 2.13. The van der Waals surface area contributed by atoms with Crippen molar-refractivity contribution in [3.05, 3.63) is 34.9 Å². The maximum Gasteiger partial charge on any atom is 2.00 e. The number of aryl methyl sites for hydroxylation is 2. The second-order valence-electron chi connectivity index (χ2n) is 2.13. The number of aromatic nitrogens is 1. The Hall–Kier alpha value is -0.672. The molecule has 1 rings (SSSR count). The Labute approximate surface area is 80.7 Å². The monoisotopic (exact) mass is 315 g/mol. The van der Waals surface area contributed by atoms with Gasteiger partial charge in [-0.2, -0.15) is 11.6 Å². The zero-order valence-corrected chi connectivity index (χ0v) is 9.31. The third-order valence-electron chi connectivity index (χ3n) is 1.24. The van der Waals surface area contributed by atoms with E-state index in [1.807, 2.05) is 13.8 Å². The van der Waals surface area contributed by atoms with E-state index in [1.54, 1.807) is 6.07 Å². The molecular formula is C8H7N2W+. The third kappa shape index (κ3) is 2.44. The van der Waals surface area contributed by atoms with E-state index in [-0.39, 0.29) is 21.1 Å². The first-order chi connectivity index (χ1) is 4.74. The first-order valence-corrected chi connectivity index (χ1v) is 2.97. The Morgan fingerprint density at radius 1 is 1.55 bits per heavy atom. The molecule has 0 aliphatic carbocycles. The smallest absolute Gasteiger partial charge is 0.402 e. The van der Waals surface area contributed by atoms with Crippen LogP contribution in [0.3, 0.4) is 0 Å². The van der Waals surface area contributed by atoms with Gasteiger partial charge in [0.05, 0.1) is 6.57 Å². The fourth-order valence-corrected chi connectivity index (χ4v) is 0.684. The summed E-state index contributed by atoms with van der Waals surface area (Å²) in [6.45, 7) is 10.4. The molecule has 1 heterocycles. The minimum Gasteiger partial charge on any atom is -0.402 e. The van der Waals surface area contributed by atoms with Crippen molar-refractivity contribution in [1.82, 2.24) is 4.98 Å². The van der Waals surface area contributed by atoms with Gasteiger partial charge in [0.25, 0.3) is 0 Å². The van der Waals surface area contributed by atoms with E-state index in [2.05, 4.69) is 16.0 Å². The Balaban J connectivity index is 0.000001000. The average molecular weight is 315 g/mol. The predicted molar refractivity (Wildman–Crippen MR) is 38.8 cm³/mol. The molecule has 0 unspecified atom stereocenters. The Morgan fingerprint density at radius 2 is 2.18 bits per heavy atom. The van der Waals surface area contributed by atoms with Crippen LogP contribution < -0.4 is 0 Å². The maximum absolute atomic E-state index is 6.75. The molecule has 2 nitrogen and oxygen atoms in total. The first-order valence-electron chi connectivity index (χ1n) is 2.97. The van der Waals surface area contributed by atoms with Gasteiger partial charge in [-0.25, -0.2) is 0 Å². The van der Waals surface area contributed by atoms with Gasteiger partial charge in [-0.3, -0.25) is 4.85 Å². The number of rotatable bonds is 0. The molecule has 0 fully saturated rings. The van der Waals surface area contributed by atoms with Gasteiger partial charge in [0.2, 0.25) is 0 Å². The summed E-state index contributed by atoms with van der Waals surface area (Å²) in [6.07, 6.45) is 2.78. The molecule has 54 valence electrons. The van der Waals surface area contributed by atoms with Gasteiger partial charge in [0.15, 0.2) is 0 Å². The van der Waals surface area contributed by atoms with E-state index in [0.29, 0.717) is 5.69 Å². The molecule has 1 aromatic rings. The molecule has 0 radical (unpaired) electrons. The van der Waals surface area contributed by atoms with Crippen LogP contribution in [0, 0.1) is 26.6 Å². The van der Waals surface area contributed by atoms with Crippen molar-refractivity contribution < 1.29 is 21.1 Å². The van der Waals surface area contributed by atoms with Crippen molar-refractivity contribution in [2.75, 3.05) is 0 Å². The molecule has 0 N–H and O–H groups in total. The fraction of sp³-hybridized carbons (Fsp3) is 0.250. The van der Waals surface area contributed by atoms with Gasteiger partial charge in [-0.15, -0.1) is 0 Å². The summed E-state index contributed by atoms with van der Waals surface area (Å²) in [4.78, 5) is 7.21. The molecule has 0 aliphatic heterocycles. The van der Waals surface area contributed by atoms with E-state index < -0.39 is 0 Å². The quantitative estimate of drug-likeness (QED) is 0.670. The molecule has 1 aromatic heterocycles. The Bertz CT molecular complexity index is 289. The maximum atomic E-state index is 6.75. The van der Waals surface area contributed by atoms with Gasteiger partial charge in [0.1, 0.15) is 5.69 Å². The summed E-state index contributed by atoms with van der Waals surface area (Å²) in [5.41, 5.74) is 2.29. The molecule has 0 saturated carbocycles. The molecule has 3 heteroatoms. The van der Waals surface area contributed by atoms with Crippen molar-refractivity contribution in [2.24, 2.45) is 0 Å². The molecule has 0 aromatic carbocycles. The van der Waals surface area contributed by atoms with Crippen LogP contribution in [0.15, 0.2) is 6.07 Å². The van der Waals surface area contributed by atoms with Crippen molar-refractivity contribution in [1.29, 1.82) is 0 Å². The topological polar surface area (TPSA) is 17.2 Å². The summed E-state index contributed by atoms with van der Waals surface area (Å²) in [5, 5.41) is 0. The second kappa shape index (κ2) is 4.26. The van der Waals surface area contributed by atoms with Crippen molar-refractivity contribution >= 4 is 5.69 Å². The van der Waals surface area contributed by atoms with Crippen LogP contribution in [-0.2, 0) is 21.1 Å². The largest absolute Gasteiger partial charge is 2.00 e. The zero-order valence-electron chi connectivity index (χ0n) is 6.38. The standard InChI is InChI=1S/C8H7N2.W/c1-6-4-8(9-3)7(2)10-5-6;/h4H,1-2H3;/q-1;+2. The molecule has 0 aliphatic rings. The molecule has 0 spiro atoms. The Kier molecular flexibility index (Phi) is 4.00. The van der Waals surface area contributed by atoms with Crippen LogP contribution in [0.25, 0.3) is 4.85 Å². The fourth-order valence-electron chi connectivity index (χ4n) is 0.684. The molecule has 0 atom stereocenters. The molecular weight excluding hydrogens is 308 g/mol. The van der Waals surface area contributed by atoms with Crippen LogP contribution in [0.2, 0.25) is 0 Å². The molecule has 11 heavy (non-hydrogen) atoms. The van der Waals surface area contributed by atoms with Gasteiger partial charge < -0.3 is 4.98 Å². The van der Waals surface area contributed by atoms with Crippen molar-refractivity contribution in [2.45, 2.75) is 13.8 Å². The van der Waals surface area contributed by atoms with E-state index >= 15 is 0 Å². The summed E-state index contributed by atoms with van der Waals surface area (Å²) in [6, 6.07) is 1.79. The van der Waals surface area contributed by atoms with Crippen LogP contribution in [-0.4, -0.2) is 4.98 Å². The van der Waals surface area contributed by atoms with Gasteiger partial charge in [0, 0.05) is 0 Å². The Morgan fingerprint density at radius 3 is 2.64 bits per heavy atom. The van der Waals surface area contributed by atoms with Crippen LogP contribution in [0.1, 0.15) is 11.3 Å². The number of hydrogen-bond acceptors (Lipinski definition) is 1. The molecule has 0 saturated heterocycles. The predicted octanol–water partition coefficient (Wildman–Crippen LogP) is 2.05.